The molecule has 4 aromatic rings. The predicted octanol–water partition coefficient (Wildman–Crippen LogP) is 5.28. The van der Waals surface area contributed by atoms with Crippen molar-refractivity contribution in [2.45, 2.75) is 65.6 Å². The number of aryl methyl sites for hydroxylation is 1. The molecule has 202 valence electrons. The third kappa shape index (κ3) is 6.22. The Balaban J connectivity index is 1.86. The molecule has 0 bridgehead atoms. The molecule has 4 rings (SSSR count). The van der Waals surface area contributed by atoms with Gasteiger partial charge in [0.05, 0.1) is 5.52 Å². The second kappa shape index (κ2) is 11.6. The smallest absolute Gasteiger partial charge is 0.249 e. The van der Waals surface area contributed by atoms with E-state index >= 15 is 0 Å². The topological polar surface area (TPSA) is 97.2 Å². The molecular formula is C31H35N5O3. The summed E-state index contributed by atoms with van der Waals surface area (Å²) in [6.07, 6.45) is 1.56. The molecule has 0 saturated heterocycles. The normalized spacial score (nSPS) is 12.2. The summed E-state index contributed by atoms with van der Waals surface area (Å²) < 4.78 is 1.53. The van der Waals surface area contributed by atoms with Crippen LogP contribution in [-0.2, 0) is 22.6 Å². The summed E-state index contributed by atoms with van der Waals surface area (Å²) in [5, 5.41) is 11.5. The van der Waals surface area contributed by atoms with E-state index in [0.29, 0.717) is 34.3 Å². The average molecular weight is 526 g/mol. The molecule has 8 heteroatoms. The van der Waals surface area contributed by atoms with Crippen LogP contribution in [0.4, 0.5) is 5.69 Å². The molecule has 39 heavy (non-hydrogen) atoms. The number of nitrogens with zero attached hydrogens (tertiary/aromatic N) is 4. The van der Waals surface area contributed by atoms with Gasteiger partial charge in [0, 0.05) is 16.8 Å². The first-order valence-electron chi connectivity index (χ1n) is 13.3. The van der Waals surface area contributed by atoms with Gasteiger partial charge in [0.1, 0.15) is 18.1 Å². The van der Waals surface area contributed by atoms with E-state index in [9.17, 15) is 14.4 Å². The van der Waals surface area contributed by atoms with E-state index in [2.05, 4.69) is 22.6 Å². The summed E-state index contributed by atoms with van der Waals surface area (Å²) in [4.78, 5) is 41.9. The molecule has 1 heterocycles. The number of carbonyl (C=O) groups is 3. The second-order valence-electron chi connectivity index (χ2n) is 10.3. The summed E-state index contributed by atoms with van der Waals surface area (Å²) in [6, 6.07) is 21.0. The van der Waals surface area contributed by atoms with Crippen LogP contribution in [0.15, 0.2) is 72.8 Å². The first-order valence-corrected chi connectivity index (χ1v) is 13.3. The van der Waals surface area contributed by atoms with Crippen LogP contribution in [0.1, 0.15) is 68.6 Å². The van der Waals surface area contributed by atoms with Crippen LogP contribution >= 0.6 is 0 Å². The van der Waals surface area contributed by atoms with Crippen molar-refractivity contribution in [3.05, 3.63) is 89.5 Å². The number of aromatic nitrogens is 3. The lowest BCUT2D eigenvalue weighted by Crippen LogP contribution is -2.51. The maximum atomic E-state index is 14.2. The summed E-state index contributed by atoms with van der Waals surface area (Å²) in [7, 11) is 0. The molecular weight excluding hydrogens is 490 g/mol. The highest BCUT2D eigenvalue weighted by Crippen LogP contribution is 2.31. The van der Waals surface area contributed by atoms with Crippen LogP contribution in [0, 0.1) is 0 Å². The Hall–Kier alpha value is -4.33. The van der Waals surface area contributed by atoms with Gasteiger partial charge in [-0.3, -0.25) is 19.3 Å². The maximum Gasteiger partial charge on any atom is 0.249 e. The van der Waals surface area contributed by atoms with Crippen molar-refractivity contribution in [2.75, 3.05) is 4.90 Å². The zero-order valence-corrected chi connectivity index (χ0v) is 23.1. The lowest BCUT2D eigenvalue weighted by molar-refractivity contribution is -0.128. The van der Waals surface area contributed by atoms with Crippen LogP contribution in [0.5, 0.6) is 0 Å². The molecule has 0 aliphatic carbocycles. The van der Waals surface area contributed by atoms with E-state index in [1.165, 1.54) is 16.5 Å². The highest BCUT2D eigenvalue weighted by atomic mass is 16.2. The molecule has 0 aliphatic rings. The van der Waals surface area contributed by atoms with Crippen molar-refractivity contribution < 1.29 is 14.4 Å². The van der Waals surface area contributed by atoms with Crippen molar-refractivity contribution in [1.82, 2.24) is 20.3 Å². The maximum absolute atomic E-state index is 14.2. The Morgan fingerprint density at radius 1 is 0.974 bits per heavy atom. The van der Waals surface area contributed by atoms with E-state index in [1.54, 1.807) is 24.3 Å². The molecule has 8 nitrogen and oxygen atoms in total. The number of hydrogen-bond acceptors (Lipinski definition) is 5. The largest absolute Gasteiger partial charge is 0.349 e. The number of fused-ring (bicyclic) bond motifs is 1. The van der Waals surface area contributed by atoms with E-state index in [0.717, 1.165) is 12.0 Å². The van der Waals surface area contributed by atoms with E-state index in [-0.39, 0.29) is 24.1 Å². The molecule has 0 fully saturated rings. The molecule has 1 atom stereocenters. The fourth-order valence-electron chi connectivity index (χ4n) is 4.39. The fraction of sp³-hybridized carbons (Fsp3) is 0.323. The van der Waals surface area contributed by atoms with Gasteiger partial charge in [0.25, 0.3) is 0 Å². The Bertz CT molecular complexity index is 1490. The first kappa shape index (κ1) is 27.7. The van der Waals surface area contributed by atoms with Crippen molar-refractivity contribution in [2.24, 2.45) is 0 Å². The Morgan fingerprint density at radius 2 is 1.69 bits per heavy atom. The molecule has 0 spiro atoms. The molecule has 1 N–H and O–H groups in total. The number of Topliss-reactive ketones (excluding diaryl/α,β-unsaturated/α-hetero) is 1. The van der Waals surface area contributed by atoms with Gasteiger partial charge in [0.2, 0.25) is 11.8 Å². The monoisotopic (exact) mass is 525 g/mol. The molecule has 1 aromatic heterocycles. The number of carbonyl (C=O) groups excluding carboxylic acids is 3. The summed E-state index contributed by atoms with van der Waals surface area (Å²) in [5.41, 5.74) is 3.58. The predicted molar refractivity (Wildman–Crippen MR) is 153 cm³/mol. The van der Waals surface area contributed by atoms with Crippen LogP contribution < -0.4 is 10.2 Å². The Labute approximate surface area is 229 Å². The number of hydrogen-bond donors (Lipinski definition) is 1. The van der Waals surface area contributed by atoms with Gasteiger partial charge >= 0.3 is 0 Å². The molecule has 2 amide bonds. The number of para-hydroxylation sites is 1. The SMILES string of the molecule is CCc1ccc([C@@H](C(=O)NC(C)(C)CC)N(C(=O)Cn2nnc3ccccc32)c2cccc(C(C)=O)c2)cc1. The van der Waals surface area contributed by atoms with Gasteiger partial charge in [-0.25, -0.2) is 4.68 Å². The Kier molecular flexibility index (Phi) is 8.24. The molecule has 0 radical (unpaired) electrons. The molecule has 0 saturated carbocycles. The minimum Gasteiger partial charge on any atom is -0.349 e. The second-order valence-corrected chi connectivity index (χ2v) is 10.3. The highest BCUT2D eigenvalue weighted by Gasteiger charge is 2.35. The summed E-state index contributed by atoms with van der Waals surface area (Å²) >= 11 is 0. The first-order chi connectivity index (χ1) is 18.6. The van der Waals surface area contributed by atoms with Crippen molar-refractivity contribution >= 4 is 34.3 Å². The average Bonchev–Trinajstić information content (AvgIpc) is 3.34. The van der Waals surface area contributed by atoms with Gasteiger partial charge in [-0.1, -0.05) is 67.6 Å². The van der Waals surface area contributed by atoms with E-state index in [4.69, 9.17) is 0 Å². The van der Waals surface area contributed by atoms with Crippen molar-refractivity contribution in [1.29, 1.82) is 0 Å². The minimum atomic E-state index is -0.980. The third-order valence-corrected chi connectivity index (χ3v) is 7.06. The van der Waals surface area contributed by atoms with Crippen LogP contribution in [0.25, 0.3) is 11.0 Å². The highest BCUT2D eigenvalue weighted by molar-refractivity contribution is 6.03. The summed E-state index contributed by atoms with van der Waals surface area (Å²) in [5.74, 6) is -0.802. The van der Waals surface area contributed by atoms with Crippen molar-refractivity contribution in [3.8, 4) is 0 Å². The van der Waals surface area contributed by atoms with Crippen LogP contribution in [0.2, 0.25) is 0 Å². The minimum absolute atomic E-state index is 0.132. The van der Waals surface area contributed by atoms with Crippen LogP contribution in [0.3, 0.4) is 0 Å². The number of benzene rings is 3. The quantitative estimate of drug-likeness (QED) is 0.284. The standard InChI is InChI=1S/C31H35N5O3/c1-6-22-15-17-23(18-16-22)29(30(39)32-31(4,5)7-2)36(25-12-10-11-24(19-25)21(3)37)28(38)20-35-27-14-9-8-13-26(27)33-34-35/h8-19,29H,6-7,20H2,1-5H3,(H,32,39)/t29-/m0/s1. The van der Waals surface area contributed by atoms with E-state index in [1.807, 2.05) is 69.3 Å². The number of anilines is 1. The molecule has 0 unspecified atom stereocenters. The van der Waals surface area contributed by atoms with E-state index < -0.39 is 11.6 Å². The van der Waals surface area contributed by atoms with Crippen LogP contribution in [-0.4, -0.2) is 38.1 Å². The third-order valence-electron chi connectivity index (χ3n) is 7.06. The zero-order valence-electron chi connectivity index (χ0n) is 23.1. The van der Waals surface area contributed by atoms with Gasteiger partial charge in [-0.05, 0) is 69.0 Å². The van der Waals surface area contributed by atoms with Gasteiger partial charge < -0.3 is 5.32 Å². The summed E-state index contributed by atoms with van der Waals surface area (Å²) in [6.45, 7) is 9.30. The van der Waals surface area contributed by atoms with Gasteiger partial charge in [0.15, 0.2) is 5.78 Å². The Morgan fingerprint density at radius 3 is 2.36 bits per heavy atom. The lowest BCUT2D eigenvalue weighted by atomic mass is 9.97. The number of rotatable bonds is 10. The number of ketones is 1. The lowest BCUT2D eigenvalue weighted by Gasteiger charge is -2.35. The molecule has 3 aromatic carbocycles. The van der Waals surface area contributed by atoms with Crippen molar-refractivity contribution in [3.63, 3.8) is 0 Å². The zero-order chi connectivity index (χ0) is 28.2. The number of nitrogens with one attached hydrogen (secondary N) is 1. The fourth-order valence-corrected chi connectivity index (χ4v) is 4.39. The molecule has 0 aliphatic heterocycles. The van der Waals surface area contributed by atoms with Gasteiger partial charge in [-0.2, -0.15) is 0 Å². The van der Waals surface area contributed by atoms with Gasteiger partial charge in [-0.15, -0.1) is 5.10 Å². The number of amides is 2.